The Kier molecular flexibility index (Phi) is 6.79. The van der Waals surface area contributed by atoms with Crippen LogP contribution in [0.25, 0.3) is 0 Å². The second kappa shape index (κ2) is 9.54. The zero-order valence-electron chi connectivity index (χ0n) is 17.7. The molecule has 2 aromatic rings. The first-order chi connectivity index (χ1) is 14.9. The molecule has 0 radical (unpaired) electrons. The molecule has 0 spiro atoms. The molecule has 8 heteroatoms. The average Bonchev–Trinajstić information content (AvgIpc) is 3.31. The third-order valence-electron chi connectivity index (χ3n) is 6.12. The zero-order chi connectivity index (χ0) is 22.0. The van der Waals surface area contributed by atoms with Crippen molar-refractivity contribution in [1.82, 2.24) is 10.3 Å². The van der Waals surface area contributed by atoms with Gasteiger partial charge in [-0.15, -0.1) is 0 Å². The number of nitrogens with zero attached hydrogens (tertiary/aromatic N) is 1. The summed E-state index contributed by atoms with van der Waals surface area (Å²) in [5, 5.41) is 11.7. The zero-order valence-corrected chi connectivity index (χ0v) is 18.6. The number of aryl methyl sites for hydroxylation is 2. The fourth-order valence-corrected chi connectivity index (χ4v) is 5.29. The Morgan fingerprint density at radius 2 is 2.03 bits per heavy atom. The normalized spacial score (nSPS) is 26.0. The molecule has 2 fully saturated rings. The van der Waals surface area contributed by atoms with Crippen LogP contribution >= 0.6 is 11.8 Å². The molecule has 4 rings (SSSR count). The number of thioether (sulfide) groups is 1. The first-order valence-corrected chi connectivity index (χ1v) is 11.6. The number of imide groups is 1. The lowest BCUT2D eigenvalue weighted by Crippen LogP contribution is -2.35. The van der Waals surface area contributed by atoms with Gasteiger partial charge in [0, 0.05) is 0 Å². The summed E-state index contributed by atoms with van der Waals surface area (Å²) in [4.78, 5) is 27.7. The van der Waals surface area contributed by atoms with Crippen LogP contribution in [0.2, 0.25) is 0 Å². The molecule has 0 bridgehead atoms. The number of carbonyl (C=O) groups excluding carboxylic acids is 2. The highest BCUT2D eigenvalue weighted by Crippen LogP contribution is 2.37. The number of carbonyl (C=O) groups is 2. The molecule has 31 heavy (non-hydrogen) atoms. The fourth-order valence-electron chi connectivity index (χ4n) is 4.47. The first-order valence-electron chi connectivity index (χ1n) is 10.7. The van der Waals surface area contributed by atoms with E-state index < -0.39 is 17.3 Å². The van der Waals surface area contributed by atoms with Crippen LogP contribution < -0.4 is 5.32 Å². The van der Waals surface area contributed by atoms with Gasteiger partial charge in [-0.3, -0.25) is 14.9 Å². The molecule has 166 valence electrons. The number of nitrogens with one attached hydrogen (secondary N) is 1. The number of aliphatic hydroxyl groups excluding tert-OH is 1. The van der Waals surface area contributed by atoms with Gasteiger partial charge in [0.05, 0.1) is 12.2 Å². The Hall–Kier alpha value is -2.16. The van der Waals surface area contributed by atoms with E-state index in [4.69, 9.17) is 9.15 Å². The number of aliphatic hydroxyl groups is 1. The number of rotatable bonds is 7. The summed E-state index contributed by atoms with van der Waals surface area (Å²) < 4.78 is 12.0. The maximum atomic E-state index is 11.9. The lowest BCUT2D eigenvalue weighted by Gasteiger charge is -2.33. The van der Waals surface area contributed by atoms with E-state index in [2.05, 4.69) is 41.5 Å². The molecular weight excluding hydrogens is 416 g/mol. The summed E-state index contributed by atoms with van der Waals surface area (Å²) in [6.07, 6.45) is 4.47. The van der Waals surface area contributed by atoms with E-state index in [1.54, 1.807) is 0 Å². The van der Waals surface area contributed by atoms with Crippen LogP contribution in [0.15, 0.2) is 35.1 Å². The van der Waals surface area contributed by atoms with Crippen LogP contribution in [0.3, 0.4) is 0 Å². The molecule has 1 aromatic heterocycles. The minimum Gasteiger partial charge on any atom is -0.448 e. The highest BCUT2D eigenvalue weighted by Gasteiger charge is 2.39. The molecule has 2 aliphatic rings. The molecule has 7 nitrogen and oxygen atoms in total. The first kappa shape index (κ1) is 22.0. The Morgan fingerprint density at radius 1 is 1.26 bits per heavy atom. The molecular formula is C23H28N2O5S. The van der Waals surface area contributed by atoms with Crippen LogP contribution in [-0.4, -0.2) is 38.7 Å². The van der Waals surface area contributed by atoms with Gasteiger partial charge in [0.15, 0.2) is 6.39 Å². The summed E-state index contributed by atoms with van der Waals surface area (Å²) in [5.74, 6) is 0.573. The third-order valence-corrected chi connectivity index (χ3v) is 7.21. The molecule has 2 N–H and O–H groups in total. The van der Waals surface area contributed by atoms with Gasteiger partial charge in [0.2, 0.25) is 5.91 Å². The summed E-state index contributed by atoms with van der Waals surface area (Å²) in [6, 6.07) is 8.25. The molecule has 5 atom stereocenters. The van der Waals surface area contributed by atoms with Crippen LogP contribution in [0.1, 0.15) is 60.8 Å². The van der Waals surface area contributed by atoms with Gasteiger partial charge in [-0.25, -0.2) is 4.98 Å². The highest BCUT2D eigenvalue weighted by molar-refractivity contribution is 8.15. The van der Waals surface area contributed by atoms with Gasteiger partial charge in [-0.2, -0.15) is 0 Å². The lowest BCUT2D eigenvalue weighted by atomic mass is 9.83. The standard InChI is InChI=1S/C23H28N2O5S/c1-13-6-8-16(9-7-13)20(19-14(2)29-12-24-19)30-17-5-3-4-15(10-17)11-18(26)21-22(27)25-23(28)31-21/h6-9,12,15,17-18,20-21,26H,3-5,10-11H2,1-2H3,(H,25,27,28)/t15-,17+,18?,20?,21?/m1/s1. The second-order valence-electron chi connectivity index (χ2n) is 8.49. The van der Waals surface area contributed by atoms with E-state index in [0.717, 1.165) is 54.5 Å². The minimum atomic E-state index is -0.842. The summed E-state index contributed by atoms with van der Waals surface area (Å²) in [7, 11) is 0. The Morgan fingerprint density at radius 3 is 2.68 bits per heavy atom. The topological polar surface area (TPSA) is 102 Å². The number of aromatic nitrogens is 1. The van der Waals surface area contributed by atoms with Gasteiger partial charge in [-0.05, 0) is 56.4 Å². The van der Waals surface area contributed by atoms with E-state index in [9.17, 15) is 14.7 Å². The lowest BCUT2D eigenvalue weighted by molar-refractivity contribution is -0.120. The molecule has 2 amide bonds. The molecule has 1 aliphatic carbocycles. The van der Waals surface area contributed by atoms with Crippen molar-refractivity contribution in [2.24, 2.45) is 5.92 Å². The molecule has 1 saturated heterocycles. The van der Waals surface area contributed by atoms with Crippen molar-refractivity contribution in [1.29, 1.82) is 0 Å². The van der Waals surface area contributed by atoms with E-state index in [1.165, 1.54) is 12.0 Å². The number of hydrogen-bond donors (Lipinski definition) is 2. The monoisotopic (exact) mass is 444 g/mol. The van der Waals surface area contributed by atoms with Gasteiger partial charge in [-0.1, -0.05) is 42.7 Å². The van der Waals surface area contributed by atoms with E-state index in [1.807, 2.05) is 6.92 Å². The van der Waals surface area contributed by atoms with Crippen molar-refractivity contribution in [2.45, 2.75) is 69.5 Å². The maximum Gasteiger partial charge on any atom is 0.286 e. The second-order valence-corrected chi connectivity index (χ2v) is 9.61. The van der Waals surface area contributed by atoms with Crippen molar-refractivity contribution in [3.63, 3.8) is 0 Å². The Bertz CT molecular complexity index is 928. The molecule has 3 unspecified atom stereocenters. The van der Waals surface area contributed by atoms with Gasteiger partial charge >= 0.3 is 0 Å². The predicted octanol–water partition coefficient (Wildman–Crippen LogP) is 4.06. The van der Waals surface area contributed by atoms with E-state index in [0.29, 0.717) is 6.42 Å². The minimum absolute atomic E-state index is 0.0139. The number of amides is 2. The number of hydrogen-bond acceptors (Lipinski definition) is 7. The van der Waals surface area contributed by atoms with Crippen molar-refractivity contribution >= 4 is 22.9 Å². The fraction of sp³-hybridized carbons (Fsp3) is 0.522. The van der Waals surface area contributed by atoms with Gasteiger partial charge in [0.25, 0.3) is 5.24 Å². The quantitative estimate of drug-likeness (QED) is 0.664. The van der Waals surface area contributed by atoms with E-state index in [-0.39, 0.29) is 23.4 Å². The maximum absolute atomic E-state index is 11.9. The van der Waals surface area contributed by atoms with Crippen molar-refractivity contribution in [2.75, 3.05) is 0 Å². The van der Waals surface area contributed by atoms with Crippen LogP contribution in [0, 0.1) is 19.8 Å². The molecule has 1 aliphatic heterocycles. The largest absolute Gasteiger partial charge is 0.448 e. The van der Waals surface area contributed by atoms with Crippen LogP contribution in [-0.2, 0) is 9.53 Å². The van der Waals surface area contributed by atoms with Gasteiger partial charge in [0.1, 0.15) is 22.8 Å². The number of benzene rings is 1. The number of ether oxygens (including phenoxy) is 1. The molecule has 1 aromatic carbocycles. The van der Waals surface area contributed by atoms with Crippen molar-refractivity contribution in [3.05, 3.63) is 53.2 Å². The summed E-state index contributed by atoms with van der Waals surface area (Å²) >= 11 is 0.881. The third kappa shape index (κ3) is 5.19. The Balaban J connectivity index is 1.44. The summed E-state index contributed by atoms with van der Waals surface area (Å²) in [5.41, 5.74) is 2.99. The molecule has 1 saturated carbocycles. The van der Waals surface area contributed by atoms with Crippen molar-refractivity contribution < 1.29 is 23.8 Å². The SMILES string of the molecule is Cc1ccc(C(O[C@H]2CCC[C@@H](CC(O)C3SC(=O)NC3=O)C2)c2ncoc2C)cc1. The summed E-state index contributed by atoms with van der Waals surface area (Å²) in [6.45, 7) is 3.94. The van der Waals surface area contributed by atoms with E-state index >= 15 is 0 Å². The van der Waals surface area contributed by atoms with Crippen molar-refractivity contribution in [3.8, 4) is 0 Å². The van der Waals surface area contributed by atoms with Gasteiger partial charge < -0.3 is 14.3 Å². The Labute approximate surface area is 186 Å². The average molecular weight is 445 g/mol. The predicted molar refractivity (Wildman–Crippen MR) is 117 cm³/mol. The smallest absolute Gasteiger partial charge is 0.286 e. The number of oxazole rings is 1. The molecule has 2 heterocycles. The van der Waals surface area contributed by atoms with Crippen LogP contribution in [0.4, 0.5) is 4.79 Å². The highest BCUT2D eigenvalue weighted by atomic mass is 32.2. The van der Waals surface area contributed by atoms with Crippen LogP contribution in [0.5, 0.6) is 0 Å².